The van der Waals surface area contributed by atoms with Gasteiger partial charge < -0.3 is 15.4 Å². The lowest BCUT2D eigenvalue weighted by atomic mass is 10.1. The highest BCUT2D eigenvalue weighted by Gasteiger charge is 2.23. The molecule has 0 aliphatic heterocycles. The van der Waals surface area contributed by atoms with Gasteiger partial charge in [0, 0.05) is 19.7 Å². The van der Waals surface area contributed by atoms with E-state index < -0.39 is 6.04 Å². The summed E-state index contributed by atoms with van der Waals surface area (Å²) in [5, 5.41) is 0. The second kappa shape index (κ2) is 7.13. The first-order valence-electron chi connectivity index (χ1n) is 6.15. The number of rotatable bonds is 6. The van der Waals surface area contributed by atoms with E-state index >= 15 is 0 Å². The Hall–Kier alpha value is -1.39. The minimum Gasteiger partial charge on any atom is -0.383 e. The van der Waals surface area contributed by atoms with Gasteiger partial charge in [0.25, 0.3) is 0 Å². The maximum Gasteiger partial charge on any atom is 0.242 e. The summed E-state index contributed by atoms with van der Waals surface area (Å²) < 4.78 is 4.93. The molecule has 0 saturated carbocycles. The van der Waals surface area contributed by atoms with E-state index in [9.17, 15) is 4.79 Å². The maximum absolute atomic E-state index is 12.2. The Morgan fingerprint density at radius 2 is 1.94 bits per heavy atom. The summed E-state index contributed by atoms with van der Waals surface area (Å²) >= 11 is 0. The van der Waals surface area contributed by atoms with Crippen LogP contribution in [0.15, 0.2) is 30.3 Å². The Morgan fingerprint density at radius 1 is 1.33 bits per heavy atom. The van der Waals surface area contributed by atoms with Gasteiger partial charge in [-0.2, -0.15) is 0 Å². The summed E-state index contributed by atoms with van der Waals surface area (Å²) in [4.78, 5) is 14.0. The molecule has 0 saturated heterocycles. The van der Waals surface area contributed by atoms with Gasteiger partial charge in [0.2, 0.25) is 5.91 Å². The van der Waals surface area contributed by atoms with Gasteiger partial charge in [-0.3, -0.25) is 4.79 Å². The van der Waals surface area contributed by atoms with Gasteiger partial charge in [-0.15, -0.1) is 0 Å². The van der Waals surface area contributed by atoms with E-state index in [1.807, 2.05) is 44.2 Å². The van der Waals surface area contributed by atoms with Crippen LogP contribution in [-0.2, 0) is 16.1 Å². The average Bonchev–Trinajstić information content (AvgIpc) is 2.36. The van der Waals surface area contributed by atoms with Gasteiger partial charge in [0.05, 0.1) is 6.61 Å². The van der Waals surface area contributed by atoms with E-state index in [1.165, 1.54) is 0 Å². The minimum atomic E-state index is -0.596. The van der Waals surface area contributed by atoms with Gasteiger partial charge in [-0.05, 0) is 19.4 Å². The zero-order valence-electron chi connectivity index (χ0n) is 11.3. The SMILES string of the molecule is COCC(N)C(=O)N(Cc1ccccc1)C(C)C. The van der Waals surface area contributed by atoms with Crippen LogP contribution in [0.1, 0.15) is 19.4 Å². The predicted octanol–water partition coefficient (Wildman–Crippen LogP) is 1.40. The molecular formula is C14H22N2O2. The van der Waals surface area contributed by atoms with Crippen molar-refractivity contribution >= 4 is 5.91 Å². The lowest BCUT2D eigenvalue weighted by Gasteiger charge is -2.29. The minimum absolute atomic E-state index is 0.0734. The quantitative estimate of drug-likeness (QED) is 0.830. The van der Waals surface area contributed by atoms with Crippen molar-refractivity contribution in [2.45, 2.75) is 32.5 Å². The van der Waals surface area contributed by atoms with E-state index in [1.54, 1.807) is 12.0 Å². The van der Waals surface area contributed by atoms with E-state index in [-0.39, 0.29) is 18.6 Å². The van der Waals surface area contributed by atoms with Crippen LogP contribution in [-0.4, -0.2) is 36.6 Å². The number of hydrogen-bond donors (Lipinski definition) is 1. The number of nitrogens with two attached hydrogens (primary N) is 1. The van der Waals surface area contributed by atoms with Crippen LogP contribution in [0.2, 0.25) is 0 Å². The topological polar surface area (TPSA) is 55.6 Å². The van der Waals surface area contributed by atoms with Crippen LogP contribution in [0.25, 0.3) is 0 Å². The molecule has 1 rings (SSSR count). The van der Waals surface area contributed by atoms with Gasteiger partial charge in [0.1, 0.15) is 6.04 Å². The lowest BCUT2D eigenvalue weighted by molar-refractivity contribution is -0.136. The molecule has 0 heterocycles. The smallest absolute Gasteiger partial charge is 0.242 e. The number of ether oxygens (including phenoxy) is 1. The molecule has 1 atom stereocenters. The highest BCUT2D eigenvalue weighted by Crippen LogP contribution is 2.09. The van der Waals surface area contributed by atoms with Crippen molar-refractivity contribution in [1.29, 1.82) is 0 Å². The Labute approximate surface area is 109 Å². The summed E-state index contributed by atoms with van der Waals surface area (Å²) in [6, 6.07) is 9.42. The van der Waals surface area contributed by atoms with Gasteiger partial charge in [0.15, 0.2) is 0 Å². The van der Waals surface area contributed by atoms with Crippen molar-refractivity contribution in [2.24, 2.45) is 5.73 Å². The van der Waals surface area contributed by atoms with Gasteiger partial charge in [-0.1, -0.05) is 30.3 Å². The molecule has 0 fully saturated rings. The molecule has 0 aromatic heterocycles. The zero-order chi connectivity index (χ0) is 13.5. The second-order valence-electron chi connectivity index (χ2n) is 4.61. The fourth-order valence-electron chi connectivity index (χ4n) is 1.76. The Bertz CT molecular complexity index is 365. The van der Waals surface area contributed by atoms with Crippen LogP contribution >= 0.6 is 0 Å². The standard InChI is InChI=1S/C14H22N2O2/c1-11(2)16(14(17)13(15)10-18-3)9-12-7-5-4-6-8-12/h4-8,11,13H,9-10,15H2,1-3H3. The number of methoxy groups -OCH3 is 1. The highest BCUT2D eigenvalue weighted by atomic mass is 16.5. The number of amides is 1. The van der Waals surface area contributed by atoms with Crippen molar-refractivity contribution in [3.63, 3.8) is 0 Å². The van der Waals surface area contributed by atoms with Crippen LogP contribution in [0, 0.1) is 0 Å². The first-order chi connectivity index (χ1) is 8.56. The van der Waals surface area contributed by atoms with Gasteiger partial charge >= 0.3 is 0 Å². The third-order valence-corrected chi connectivity index (χ3v) is 2.77. The van der Waals surface area contributed by atoms with Crippen molar-refractivity contribution in [2.75, 3.05) is 13.7 Å². The predicted molar refractivity (Wildman–Crippen MR) is 72.0 cm³/mol. The summed E-state index contributed by atoms with van der Waals surface area (Å²) in [5.74, 6) is -0.0734. The molecule has 1 unspecified atom stereocenters. The Kier molecular flexibility index (Phi) is 5.82. The van der Waals surface area contributed by atoms with Crippen molar-refractivity contribution in [3.8, 4) is 0 Å². The molecule has 0 aliphatic carbocycles. The fourth-order valence-corrected chi connectivity index (χ4v) is 1.76. The molecule has 1 amide bonds. The second-order valence-corrected chi connectivity index (χ2v) is 4.61. The fraction of sp³-hybridized carbons (Fsp3) is 0.500. The van der Waals surface area contributed by atoms with Crippen LogP contribution in [0.5, 0.6) is 0 Å². The van der Waals surface area contributed by atoms with E-state index in [0.29, 0.717) is 6.54 Å². The van der Waals surface area contributed by atoms with Gasteiger partial charge in [-0.25, -0.2) is 0 Å². The average molecular weight is 250 g/mol. The zero-order valence-corrected chi connectivity index (χ0v) is 11.3. The van der Waals surface area contributed by atoms with Crippen molar-refractivity contribution in [1.82, 2.24) is 4.90 Å². The van der Waals surface area contributed by atoms with E-state index in [0.717, 1.165) is 5.56 Å². The summed E-state index contributed by atoms with van der Waals surface area (Å²) in [7, 11) is 1.55. The summed E-state index contributed by atoms with van der Waals surface area (Å²) in [6.45, 7) is 4.80. The summed E-state index contributed by atoms with van der Waals surface area (Å²) in [6.07, 6.45) is 0. The molecule has 0 radical (unpaired) electrons. The third kappa shape index (κ3) is 4.13. The van der Waals surface area contributed by atoms with Crippen molar-refractivity contribution in [3.05, 3.63) is 35.9 Å². The molecule has 18 heavy (non-hydrogen) atoms. The molecule has 4 heteroatoms. The number of carbonyl (C=O) groups excluding carboxylic acids is 1. The molecule has 0 spiro atoms. The monoisotopic (exact) mass is 250 g/mol. The first-order valence-corrected chi connectivity index (χ1v) is 6.15. The largest absolute Gasteiger partial charge is 0.383 e. The van der Waals surface area contributed by atoms with E-state index in [4.69, 9.17) is 10.5 Å². The molecule has 4 nitrogen and oxygen atoms in total. The van der Waals surface area contributed by atoms with E-state index in [2.05, 4.69) is 0 Å². The Morgan fingerprint density at radius 3 is 2.44 bits per heavy atom. The molecule has 0 bridgehead atoms. The lowest BCUT2D eigenvalue weighted by Crippen LogP contribution is -2.48. The van der Waals surface area contributed by atoms with Crippen LogP contribution < -0.4 is 5.73 Å². The summed E-state index contributed by atoms with van der Waals surface area (Å²) in [5.41, 5.74) is 6.90. The number of nitrogens with zero attached hydrogens (tertiary/aromatic N) is 1. The molecular weight excluding hydrogens is 228 g/mol. The first kappa shape index (κ1) is 14.7. The molecule has 2 N–H and O–H groups in total. The normalized spacial score (nSPS) is 12.5. The highest BCUT2D eigenvalue weighted by molar-refractivity contribution is 5.82. The Balaban J connectivity index is 2.74. The van der Waals surface area contributed by atoms with Crippen molar-refractivity contribution < 1.29 is 9.53 Å². The third-order valence-electron chi connectivity index (χ3n) is 2.77. The maximum atomic E-state index is 12.2. The molecule has 1 aromatic carbocycles. The van der Waals surface area contributed by atoms with Crippen LogP contribution in [0.4, 0.5) is 0 Å². The number of carbonyl (C=O) groups is 1. The van der Waals surface area contributed by atoms with Crippen LogP contribution in [0.3, 0.4) is 0 Å². The molecule has 0 aliphatic rings. The number of hydrogen-bond acceptors (Lipinski definition) is 3. The molecule has 100 valence electrons. The molecule has 1 aromatic rings. The number of benzene rings is 1.